The van der Waals surface area contributed by atoms with Gasteiger partial charge >= 0.3 is 0 Å². The van der Waals surface area contributed by atoms with Gasteiger partial charge < -0.3 is 15.5 Å². The topological polar surface area (TPSA) is 87.4 Å². The average molecular weight is 279 g/mol. The molecule has 20 heavy (non-hydrogen) atoms. The van der Waals surface area contributed by atoms with Gasteiger partial charge in [-0.2, -0.15) is 5.10 Å². The Morgan fingerprint density at radius 1 is 1.60 bits per heavy atom. The minimum absolute atomic E-state index is 0.0738. The number of carbonyl (C=O) groups excluding carboxylic acids is 1. The van der Waals surface area contributed by atoms with E-state index in [1.54, 1.807) is 10.9 Å². The zero-order valence-electron chi connectivity index (χ0n) is 11.6. The van der Waals surface area contributed by atoms with Crippen LogP contribution >= 0.6 is 0 Å². The summed E-state index contributed by atoms with van der Waals surface area (Å²) in [7, 11) is 1.84. The number of aryl methyl sites for hydroxylation is 1. The van der Waals surface area contributed by atoms with Gasteiger partial charge in [-0.1, -0.05) is 0 Å². The molecule has 0 saturated heterocycles. The minimum Gasteiger partial charge on any atom is -0.395 e. The summed E-state index contributed by atoms with van der Waals surface area (Å²) in [5.41, 5.74) is 0.398. The smallest absolute Gasteiger partial charge is 0.229 e. The average Bonchev–Trinajstić information content (AvgIpc) is 3.09. The first-order valence-electron chi connectivity index (χ1n) is 7.12. The largest absolute Gasteiger partial charge is 0.395 e. The highest BCUT2D eigenvalue weighted by Gasteiger charge is 2.50. The molecule has 1 amide bonds. The maximum absolute atomic E-state index is 12.3. The van der Waals surface area contributed by atoms with Crippen LogP contribution in [0.5, 0.6) is 0 Å². The third-order valence-corrected chi connectivity index (χ3v) is 4.63. The second kappa shape index (κ2) is 4.86. The number of aliphatic hydroxyl groups excluding tert-OH is 2. The van der Waals surface area contributed by atoms with Gasteiger partial charge in [0.1, 0.15) is 0 Å². The zero-order chi connectivity index (χ0) is 14.3. The number of hydrogen-bond donors (Lipinski definition) is 3. The van der Waals surface area contributed by atoms with Crippen molar-refractivity contribution in [3.05, 3.63) is 18.0 Å². The van der Waals surface area contributed by atoms with Crippen molar-refractivity contribution in [2.24, 2.45) is 18.4 Å². The Morgan fingerprint density at radius 2 is 2.30 bits per heavy atom. The number of rotatable bonds is 5. The molecule has 3 N–H and O–H groups in total. The summed E-state index contributed by atoms with van der Waals surface area (Å²) in [4.78, 5) is 12.3. The van der Waals surface area contributed by atoms with E-state index in [4.69, 9.17) is 0 Å². The normalized spacial score (nSPS) is 28.6. The van der Waals surface area contributed by atoms with E-state index < -0.39 is 5.41 Å². The molecule has 6 nitrogen and oxygen atoms in total. The molecular formula is C14H21N3O3. The summed E-state index contributed by atoms with van der Waals surface area (Å²) >= 11 is 0. The third kappa shape index (κ3) is 2.33. The predicted octanol–water partition coefficient (Wildman–Crippen LogP) is 0.121. The van der Waals surface area contributed by atoms with Gasteiger partial charge in [0.15, 0.2) is 0 Å². The van der Waals surface area contributed by atoms with Crippen LogP contribution in [0, 0.1) is 11.3 Å². The molecule has 2 aliphatic carbocycles. The summed E-state index contributed by atoms with van der Waals surface area (Å²) in [5.74, 6) is 0.169. The molecule has 0 spiro atoms. The van der Waals surface area contributed by atoms with Crippen LogP contribution in [-0.4, -0.2) is 38.6 Å². The molecule has 1 aromatic rings. The molecule has 2 fully saturated rings. The number of nitrogens with one attached hydrogen (secondary N) is 1. The molecule has 3 rings (SSSR count). The van der Waals surface area contributed by atoms with Crippen LogP contribution in [-0.2, 0) is 11.8 Å². The lowest BCUT2D eigenvalue weighted by atomic mass is 9.75. The first-order chi connectivity index (χ1) is 9.54. The molecule has 0 aromatic carbocycles. The van der Waals surface area contributed by atoms with Crippen molar-refractivity contribution < 1.29 is 15.0 Å². The number of carbonyl (C=O) groups is 1. The molecular weight excluding hydrogens is 258 g/mol. The Balaban J connectivity index is 1.74. The Morgan fingerprint density at radius 3 is 2.75 bits per heavy atom. The molecule has 1 aromatic heterocycles. The number of nitrogens with zero attached hydrogens (tertiary/aromatic N) is 2. The van der Waals surface area contributed by atoms with Gasteiger partial charge in [0.2, 0.25) is 5.91 Å². The maximum Gasteiger partial charge on any atom is 0.229 e. The molecule has 6 heteroatoms. The molecule has 1 unspecified atom stereocenters. The minimum atomic E-state index is -0.567. The lowest BCUT2D eigenvalue weighted by Crippen LogP contribution is -2.44. The van der Waals surface area contributed by atoms with E-state index in [0.717, 1.165) is 18.4 Å². The standard InChI is InChI=1S/C14H21N3O3/c1-17-7-10(6-15-17)12(9-4-11(19)5-9)16-13(20)14(8-18)2-3-14/h6-7,9,11-12,18-19H,2-5,8H2,1H3,(H,16,20). The Kier molecular flexibility index (Phi) is 3.30. The first-order valence-corrected chi connectivity index (χ1v) is 7.12. The van der Waals surface area contributed by atoms with Crippen molar-refractivity contribution in [2.75, 3.05) is 6.61 Å². The summed E-state index contributed by atoms with van der Waals surface area (Å²) in [6, 6.07) is -0.122. The van der Waals surface area contributed by atoms with Gasteiger partial charge in [-0.05, 0) is 31.6 Å². The quantitative estimate of drug-likeness (QED) is 0.714. The van der Waals surface area contributed by atoms with Crippen LogP contribution in [0.1, 0.15) is 37.3 Å². The summed E-state index contributed by atoms with van der Waals surface area (Å²) in [5, 5.41) is 26.1. The van der Waals surface area contributed by atoms with Crippen molar-refractivity contribution in [3.63, 3.8) is 0 Å². The molecule has 110 valence electrons. The van der Waals surface area contributed by atoms with E-state index in [9.17, 15) is 15.0 Å². The van der Waals surface area contributed by atoms with E-state index >= 15 is 0 Å². The van der Waals surface area contributed by atoms with Crippen molar-refractivity contribution >= 4 is 5.91 Å². The van der Waals surface area contributed by atoms with E-state index in [-0.39, 0.29) is 30.6 Å². The second-order valence-electron chi connectivity index (χ2n) is 6.22. The molecule has 0 aliphatic heterocycles. The van der Waals surface area contributed by atoms with Crippen LogP contribution < -0.4 is 5.32 Å². The summed E-state index contributed by atoms with van der Waals surface area (Å²) in [6.07, 6.45) is 6.30. The van der Waals surface area contributed by atoms with Crippen molar-refractivity contribution in [2.45, 2.75) is 37.8 Å². The third-order valence-electron chi connectivity index (χ3n) is 4.63. The second-order valence-corrected chi connectivity index (χ2v) is 6.22. The fourth-order valence-electron chi connectivity index (χ4n) is 2.88. The molecule has 0 radical (unpaired) electrons. The number of aromatic nitrogens is 2. The lowest BCUT2D eigenvalue weighted by molar-refractivity contribution is -0.129. The monoisotopic (exact) mass is 279 g/mol. The van der Waals surface area contributed by atoms with Crippen LogP contribution in [0.15, 0.2) is 12.4 Å². The predicted molar refractivity (Wildman–Crippen MR) is 71.6 cm³/mol. The van der Waals surface area contributed by atoms with Gasteiger partial charge in [0.25, 0.3) is 0 Å². The van der Waals surface area contributed by atoms with Gasteiger partial charge in [0, 0.05) is 18.8 Å². The van der Waals surface area contributed by atoms with Gasteiger partial charge in [-0.25, -0.2) is 0 Å². The van der Waals surface area contributed by atoms with Crippen molar-refractivity contribution in [1.82, 2.24) is 15.1 Å². The first kappa shape index (κ1) is 13.6. The van der Waals surface area contributed by atoms with E-state index in [2.05, 4.69) is 10.4 Å². The highest BCUT2D eigenvalue weighted by molar-refractivity contribution is 5.85. The Bertz CT molecular complexity index is 504. The number of amides is 1. The van der Waals surface area contributed by atoms with Crippen LogP contribution in [0.4, 0.5) is 0 Å². The van der Waals surface area contributed by atoms with E-state index in [1.165, 1.54) is 0 Å². The fraction of sp³-hybridized carbons (Fsp3) is 0.714. The Labute approximate surface area is 117 Å². The molecule has 0 bridgehead atoms. The van der Waals surface area contributed by atoms with Crippen molar-refractivity contribution in [1.29, 1.82) is 0 Å². The maximum atomic E-state index is 12.3. The van der Waals surface area contributed by atoms with Crippen LogP contribution in [0.25, 0.3) is 0 Å². The fourth-order valence-corrected chi connectivity index (χ4v) is 2.88. The van der Waals surface area contributed by atoms with Gasteiger partial charge in [0.05, 0.1) is 30.4 Å². The highest BCUT2D eigenvalue weighted by Crippen LogP contribution is 2.46. The van der Waals surface area contributed by atoms with Crippen LogP contribution in [0.3, 0.4) is 0 Å². The lowest BCUT2D eigenvalue weighted by Gasteiger charge is -2.38. The SMILES string of the molecule is Cn1cc(C(NC(=O)C2(CO)CC2)C2CC(O)C2)cn1. The van der Waals surface area contributed by atoms with E-state index in [1.807, 2.05) is 13.2 Å². The molecule has 2 aliphatic rings. The number of aliphatic hydroxyl groups is 2. The molecule has 1 atom stereocenters. The molecule has 2 saturated carbocycles. The van der Waals surface area contributed by atoms with Crippen LogP contribution in [0.2, 0.25) is 0 Å². The van der Waals surface area contributed by atoms with E-state index in [0.29, 0.717) is 12.8 Å². The van der Waals surface area contributed by atoms with Crippen molar-refractivity contribution in [3.8, 4) is 0 Å². The Hall–Kier alpha value is -1.40. The zero-order valence-corrected chi connectivity index (χ0v) is 11.6. The number of hydrogen-bond acceptors (Lipinski definition) is 4. The summed E-state index contributed by atoms with van der Waals surface area (Å²) in [6.45, 7) is -0.0914. The highest BCUT2D eigenvalue weighted by atomic mass is 16.3. The summed E-state index contributed by atoms with van der Waals surface area (Å²) < 4.78 is 1.71. The van der Waals surface area contributed by atoms with Gasteiger partial charge in [-0.15, -0.1) is 0 Å². The van der Waals surface area contributed by atoms with Gasteiger partial charge in [-0.3, -0.25) is 9.48 Å². The molecule has 1 heterocycles.